The quantitative estimate of drug-likeness (QED) is 0.578. The van der Waals surface area contributed by atoms with E-state index in [-0.39, 0.29) is 25.0 Å². The molecule has 10 nitrogen and oxygen atoms in total. The summed E-state index contributed by atoms with van der Waals surface area (Å²) in [5.74, 6) is 0.897. The van der Waals surface area contributed by atoms with Crippen LogP contribution in [0, 0.1) is 0 Å². The number of ether oxygens (including phenoxy) is 3. The summed E-state index contributed by atoms with van der Waals surface area (Å²) in [6, 6.07) is 12.4. The van der Waals surface area contributed by atoms with E-state index in [0.29, 0.717) is 17.2 Å². The molecule has 1 aliphatic rings. The van der Waals surface area contributed by atoms with Crippen molar-refractivity contribution >= 4 is 17.7 Å². The van der Waals surface area contributed by atoms with Crippen molar-refractivity contribution in [2.24, 2.45) is 0 Å². The molecule has 1 fully saturated rings. The van der Waals surface area contributed by atoms with E-state index in [0.717, 1.165) is 11.1 Å². The van der Waals surface area contributed by atoms with Gasteiger partial charge in [0, 0.05) is 5.69 Å². The molecule has 1 atom stereocenters. The Labute approximate surface area is 184 Å². The van der Waals surface area contributed by atoms with E-state index in [2.05, 4.69) is 15.7 Å². The third-order valence-corrected chi connectivity index (χ3v) is 4.90. The Kier molecular flexibility index (Phi) is 6.22. The number of hydrogen-bond acceptors (Lipinski definition) is 8. The topological polar surface area (TPSA) is 115 Å². The Bertz CT molecular complexity index is 1100. The summed E-state index contributed by atoms with van der Waals surface area (Å²) in [5.41, 5.74) is 5.42. The zero-order chi connectivity index (χ0) is 22.5. The number of hydrogen-bond donors (Lipinski definition) is 2. The molecule has 2 amide bonds. The van der Waals surface area contributed by atoms with Gasteiger partial charge < -0.3 is 23.9 Å². The zero-order valence-electron chi connectivity index (χ0n) is 17.5. The van der Waals surface area contributed by atoms with Crippen LogP contribution in [-0.2, 0) is 11.3 Å². The van der Waals surface area contributed by atoms with E-state index in [4.69, 9.17) is 18.6 Å². The number of amides is 2. The third kappa shape index (κ3) is 4.65. The number of rotatable bonds is 7. The number of carbonyl (C=O) groups is 2. The Morgan fingerprint density at radius 2 is 2.06 bits per heavy atom. The lowest BCUT2D eigenvalue weighted by Gasteiger charge is -2.33. The molecule has 10 heteroatoms. The highest BCUT2D eigenvalue weighted by Crippen LogP contribution is 2.31. The van der Waals surface area contributed by atoms with Gasteiger partial charge in [0.2, 0.25) is 5.76 Å². The Morgan fingerprint density at radius 3 is 2.81 bits per heavy atom. The lowest BCUT2D eigenvalue weighted by Crippen LogP contribution is -2.50. The van der Waals surface area contributed by atoms with Gasteiger partial charge in [0.15, 0.2) is 17.9 Å². The maximum absolute atomic E-state index is 12.3. The third-order valence-electron chi connectivity index (χ3n) is 4.90. The van der Waals surface area contributed by atoms with Crippen molar-refractivity contribution in [3.63, 3.8) is 0 Å². The van der Waals surface area contributed by atoms with Crippen molar-refractivity contribution in [3.05, 3.63) is 71.9 Å². The van der Waals surface area contributed by atoms with Gasteiger partial charge in [-0.25, -0.2) is 20.2 Å². The van der Waals surface area contributed by atoms with Crippen molar-refractivity contribution in [2.75, 3.05) is 26.1 Å². The second-order valence-corrected chi connectivity index (χ2v) is 6.98. The second kappa shape index (κ2) is 9.40. The number of anilines is 1. The fraction of sp³-hybridized carbons (Fsp3) is 0.227. The highest BCUT2D eigenvalue weighted by Gasteiger charge is 2.28. The minimum atomic E-state index is -0.488. The minimum Gasteiger partial charge on any atom is -0.493 e. The Hall–Kier alpha value is -4.05. The maximum atomic E-state index is 12.3. The molecule has 166 valence electrons. The van der Waals surface area contributed by atoms with Crippen molar-refractivity contribution in [1.29, 1.82) is 0 Å². The van der Waals surface area contributed by atoms with E-state index >= 15 is 0 Å². The van der Waals surface area contributed by atoms with Crippen LogP contribution in [-0.4, -0.2) is 42.8 Å². The summed E-state index contributed by atoms with van der Waals surface area (Å²) in [6.45, 7) is 0.409. The van der Waals surface area contributed by atoms with E-state index in [9.17, 15) is 9.59 Å². The fourth-order valence-electron chi connectivity index (χ4n) is 3.31. The van der Waals surface area contributed by atoms with Gasteiger partial charge in [-0.2, -0.15) is 0 Å². The molecule has 0 spiro atoms. The monoisotopic (exact) mass is 438 g/mol. The van der Waals surface area contributed by atoms with Crippen LogP contribution in [0.4, 0.5) is 10.5 Å². The predicted molar refractivity (Wildman–Crippen MR) is 113 cm³/mol. The van der Waals surface area contributed by atoms with Gasteiger partial charge in [0.05, 0.1) is 33.0 Å². The summed E-state index contributed by atoms with van der Waals surface area (Å²) in [4.78, 5) is 28.2. The molecule has 2 heterocycles. The zero-order valence-corrected chi connectivity index (χ0v) is 17.5. The highest BCUT2D eigenvalue weighted by atomic mass is 16.6. The first-order chi connectivity index (χ1) is 15.6. The van der Waals surface area contributed by atoms with Crippen LogP contribution >= 0.6 is 0 Å². The molecule has 0 saturated carbocycles. The second-order valence-electron chi connectivity index (χ2n) is 6.98. The first-order valence-electron chi connectivity index (χ1n) is 9.78. The molecule has 1 aliphatic heterocycles. The molecule has 2 aromatic carbocycles. The molecular formula is C22H22N4O6. The van der Waals surface area contributed by atoms with Crippen molar-refractivity contribution < 1.29 is 28.2 Å². The van der Waals surface area contributed by atoms with E-state index in [1.54, 1.807) is 38.5 Å². The van der Waals surface area contributed by atoms with Crippen molar-refractivity contribution in [3.8, 4) is 11.5 Å². The molecule has 1 unspecified atom stereocenters. The van der Waals surface area contributed by atoms with Gasteiger partial charge in [0.25, 0.3) is 5.91 Å². The highest BCUT2D eigenvalue weighted by molar-refractivity contribution is 6.02. The molecule has 4 rings (SSSR count). The molecule has 2 N–H and O–H groups in total. The van der Waals surface area contributed by atoms with Gasteiger partial charge >= 0.3 is 6.09 Å². The fourth-order valence-corrected chi connectivity index (χ4v) is 3.31. The van der Waals surface area contributed by atoms with Crippen molar-refractivity contribution in [1.82, 2.24) is 15.4 Å². The Morgan fingerprint density at radius 1 is 1.22 bits per heavy atom. The molecule has 1 aromatic heterocycles. The first-order valence-corrected chi connectivity index (χ1v) is 9.78. The number of aromatic nitrogens is 1. The SMILES string of the molecule is COc1ccc(C2COC(=O)N(Cc3cccc(NC(=O)c4cnco4)c3)N2)cc1OC. The summed E-state index contributed by atoms with van der Waals surface area (Å²) < 4.78 is 21.0. The number of nitrogens with zero attached hydrogens (tertiary/aromatic N) is 2. The van der Waals surface area contributed by atoms with E-state index < -0.39 is 12.0 Å². The molecule has 32 heavy (non-hydrogen) atoms. The summed E-state index contributed by atoms with van der Waals surface area (Å²) in [6.07, 6.45) is 2.03. The summed E-state index contributed by atoms with van der Waals surface area (Å²) >= 11 is 0. The first kappa shape index (κ1) is 21.2. The number of hydrazine groups is 1. The number of cyclic esters (lactones) is 1. The summed E-state index contributed by atoms with van der Waals surface area (Å²) in [5, 5.41) is 4.13. The molecular weight excluding hydrogens is 416 g/mol. The average Bonchev–Trinajstić information content (AvgIpc) is 3.35. The normalized spacial score (nSPS) is 15.8. The molecule has 0 aliphatic carbocycles. The number of benzene rings is 2. The van der Waals surface area contributed by atoms with Gasteiger partial charge in [0.1, 0.15) is 6.61 Å². The van der Waals surface area contributed by atoms with Crippen LogP contribution in [0.25, 0.3) is 0 Å². The summed E-state index contributed by atoms with van der Waals surface area (Å²) in [7, 11) is 3.14. The lowest BCUT2D eigenvalue weighted by atomic mass is 10.1. The van der Waals surface area contributed by atoms with E-state index in [1.165, 1.54) is 17.6 Å². The molecule has 1 saturated heterocycles. The van der Waals surface area contributed by atoms with Crippen LogP contribution in [0.2, 0.25) is 0 Å². The predicted octanol–water partition coefficient (Wildman–Crippen LogP) is 3.14. The number of methoxy groups -OCH3 is 2. The minimum absolute atomic E-state index is 0.106. The number of nitrogens with one attached hydrogen (secondary N) is 2. The van der Waals surface area contributed by atoms with Gasteiger partial charge in [-0.3, -0.25) is 4.79 Å². The largest absolute Gasteiger partial charge is 0.493 e. The number of oxazole rings is 1. The van der Waals surface area contributed by atoms with Crippen LogP contribution < -0.4 is 20.2 Å². The standard InChI is InChI=1S/C22H22N4O6/c1-29-18-7-6-15(9-19(18)30-2)17-12-31-22(28)26(25-17)11-14-4-3-5-16(8-14)24-21(27)20-10-23-13-32-20/h3-10,13,17,25H,11-12H2,1-2H3,(H,24,27). The van der Waals surface area contributed by atoms with E-state index in [1.807, 2.05) is 18.2 Å². The van der Waals surface area contributed by atoms with Crippen LogP contribution in [0.15, 0.2) is 59.5 Å². The van der Waals surface area contributed by atoms with Gasteiger partial charge in [-0.05, 0) is 35.4 Å². The lowest BCUT2D eigenvalue weighted by molar-refractivity contribution is 0.0177. The molecule has 0 bridgehead atoms. The smallest absolute Gasteiger partial charge is 0.424 e. The number of carbonyl (C=O) groups excluding carboxylic acids is 2. The van der Waals surface area contributed by atoms with Crippen LogP contribution in [0.3, 0.4) is 0 Å². The van der Waals surface area contributed by atoms with Crippen LogP contribution in [0.1, 0.15) is 27.7 Å². The van der Waals surface area contributed by atoms with Crippen LogP contribution in [0.5, 0.6) is 11.5 Å². The van der Waals surface area contributed by atoms with Gasteiger partial charge in [-0.15, -0.1) is 0 Å². The Balaban J connectivity index is 1.45. The van der Waals surface area contributed by atoms with Crippen molar-refractivity contribution in [2.45, 2.75) is 12.6 Å². The van der Waals surface area contributed by atoms with Gasteiger partial charge in [-0.1, -0.05) is 18.2 Å². The molecule has 0 radical (unpaired) electrons. The maximum Gasteiger partial charge on any atom is 0.424 e. The average molecular weight is 438 g/mol. The molecule has 3 aromatic rings.